The van der Waals surface area contributed by atoms with E-state index in [0.29, 0.717) is 37.7 Å². The number of amides is 2. The lowest BCUT2D eigenvalue weighted by atomic mass is 10.2. The van der Waals surface area contributed by atoms with Crippen LogP contribution in [0.4, 0.5) is 22.0 Å². The molecular formula is C16H17ClN6O4. The molecule has 0 unspecified atom stereocenters. The van der Waals surface area contributed by atoms with Gasteiger partial charge in [-0.15, -0.1) is 0 Å². The monoisotopic (exact) mass is 392 g/mol. The van der Waals surface area contributed by atoms with E-state index < -0.39 is 4.92 Å². The number of hydrogen-bond donors (Lipinski definition) is 1. The Balaban J connectivity index is 1.62. The van der Waals surface area contributed by atoms with Crippen LogP contribution in [-0.2, 0) is 0 Å². The van der Waals surface area contributed by atoms with Gasteiger partial charge in [-0.05, 0) is 23.7 Å². The van der Waals surface area contributed by atoms with Crippen LogP contribution in [-0.4, -0.2) is 59.1 Å². The van der Waals surface area contributed by atoms with Gasteiger partial charge in [0.1, 0.15) is 11.6 Å². The van der Waals surface area contributed by atoms with Crippen LogP contribution in [0, 0.1) is 10.1 Å². The van der Waals surface area contributed by atoms with Gasteiger partial charge in [0, 0.05) is 38.4 Å². The first-order valence-corrected chi connectivity index (χ1v) is 8.47. The number of hydrogen-bond acceptors (Lipinski definition) is 7. The summed E-state index contributed by atoms with van der Waals surface area (Å²) in [7, 11) is 1.39. The summed E-state index contributed by atoms with van der Waals surface area (Å²) < 4.78 is 5.14. The maximum absolute atomic E-state index is 12.5. The van der Waals surface area contributed by atoms with E-state index >= 15 is 0 Å². The highest BCUT2D eigenvalue weighted by molar-refractivity contribution is 6.28. The number of halogens is 1. The lowest BCUT2D eigenvalue weighted by molar-refractivity contribution is -0.384. The molecule has 1 aromatic heterocycles. The van der Waals surface area contributed by atoms with E-state index in [1.54, 1.807) is 17.2 Å². The Morgan fingerprint density at radius 2 is 2.04 bits per heavy atom. The minimum Gasteiger partial charge on any atom is -0.494 e. The number of nitro benzene ring substituents is 1. The van der Waals surface area contributed by atoms with Crippen molar-refractivity contribution in [1.29, 1.82) is 0 Å². The normalized spacial score (nSPS) is 14.0. The van der Waals surface area contributed by atoms with Crippen LogP contribution >= 0.6 is 11.6 Å². The van der Waals surface area contributed by atoms with E-state index in [0.717, 1.165) is 0 Å². The largest absolute Gasteiger partial charge is 0.494 e. The number of anilines is 2. The molecule has 1 aromatic carbocycles. The SMILES string of the molecule is COc1cc([N+](=O)[O-])ccc1NC(=O)N1CCN(c2ccnc(Cl)n2)CC1. The summed E-state index contributed by atoms with van der Waals surface area (Å²) >= 11 is 5.82. The molecule has 0 radical (unpaired) electrons. The molecular weight excluding hydrogens is 376 g/mol. The lowest BCUT2D eigenvalue weighted by Gasteiger charge is -2.35. The quantitative estimate of drug-likeness (QED) is 0.482. The van der Waals surface area contributed by atoms with Crippen LogP contribution in [0.5, 0.6) is 5.75 Å². The van der Waals surface area contributed by atoms with Gasteiger partial charge in [0.25, 0.3) is 5.69 Å². The number of rotatable bonds is 4. The summed E-state index contributed by atoms with van der Waals surface area (Å²) in [6, 6.07) is 5.50. The molecule has 0 spiro atoms. The van der Waals surface area contributed by atoms with Crippen molar-refractivity contribution in [3.63, 3.8) is 0 Å². The first kappa shape index (κ1) is 18.6. The Hall–Kier alpha value is -3.14. The molecule has 0 bridgehead atoms. The summed E-state index contributed by atoms with van der Waals surface area (Å²) in [4.78, 5) is 34.5. The van der Waals surface area contributed by atoms with Gasteiger partial charge in [0.2, 0.25) is 5.28 Å². The van der Waals surface area contributed by atoms with Crippen molar-refractivity contribution in [3.8, 4) is 5.75 Å². The molecule has 142 valence electrons. The van der Waals surface area contributed by atoms with Crippen LogP contribution < -0.4 is 15.0 Å². The minimum atomic E-state index is -0.521. The molecule has 1 N–H and O–H groups in total. The molecule has 1 saturated heterocycles. The Labute approximate surface area is 159 Å². The second-order valence-corrected chi connectivity index (χ2v) is 6.07. The molecule has 10 nitrogen and oxygen atoms in total. The Morgan fingerprint density at radius 3 is 2.67 bits per heavy atom. The van der Waals surface area contributed by atoms with Crippen molar-refractivity contribution >= 4 is 34.8 Å². The van der Waals surface area contributed by atoms with Crippen molar-refractivity contribution < 1.29 is 14.5 Å². The number of ether oxygens (including phenoxy) is 1. The highest BCUT2D eigenvalue weighted by Crippen LogP contribution is 2.29. The summed E-state index contributed by atoms with van der Waals surface area (Å²) in [5.74, 6) is 0.943. The molecule has 2 amide bonds. The third-order valence-corrected chi connectivity index (χ3v) is 4.32. The van der Waals surface area contributed by atoms with Gasteiger partial charge in [-0.25, -0.2) is 14.8 Å². The number of nitro groups is 1. The van der Waals surface area contributed by atoms with Gasteiger partial charge in [-0.3, -0.25) is 10.1 Å². The van der Waals surface area contributed by atoms with Crippen molar-refractivity contribution in [2.75, 3.05) is 43.5 Å². The fourth-order valence-corrected chi connectivity index (χ4v) is 2.87. The van der Waals surface area contributed by atoms with Crippen molar-refractivity contribution in [3.05, 3.63) is 45.9 Å². The summed E-state index contributed by atoms with van der Waals surface area (Å²) in [6.07, 6.45) is 1.59. The standard InChI is InChI=1S/C16H17ClN6O4/c1-27-13-10-11(23(25)26)2-3-12(13)19-16(24)22-8-6-21(7-9-22)14-4-5-18-15(17)20-14/h2-5,10H,6-9H2,1H3,(H,19,24). The van der Waals surface area contributed by atoms with Gasteiger partial charge in [-0.2, -0.15) is 0 Å². The molecule has 3 rings (SSSR count). The maximum atomic E-state index is 12.5. The zero-order valence-electron chi connectivity index (χ0n) is 14.5. The number of nitrogens with one attached hydrogen (secondary N) is 1. The summed E-state index contributed by atoms with van der Waals surface area (Å²) in [5.41, 5.74) is 0.264. The minimum absolute atomic E-state index is 0.109. The van der Waals surface area contributed by atoms with Gasteiger partial charge >= 0.3 is 6.03 Å². The molecule has 0 atom stereocenters. The highest BCUT2D eigenvalue weighted by Gasteiger charge is 2.23. The van der Waals surface area contributed by atoms with Gasteiger partial charge in [-0.1, -0.05) is 0 Å². The number of benzene rings is 1. The first-order chi connectivity index (χ1) is 13.0. The summed E-state index contributed by atoms with van der Waals surface area (Å²) in [6.45, 7) is 2.17. The van der Waals surface area contributed by atoms with Gasteiger partial charge in [0.05, 0.1) is 23.8 Å². The van der Waals surface area contributed by atoms with Crippen molar-refractivity contribution in [2.45, 2.75) is 0 Å². The number of methoxy groups -OCH3 is 1. The molecule has 1 fully saturated rings. The molecule has 11 heteroatoms. The average molecular weight is 393 g/mol. The smallest absolute Gasteiger partial charge is 0.322 e. The number of carbonyl (C=O) groups is 1. The second kappa shape index (κ2) is 8.04. The number of carbonyl (C=O) groups excluding carboxylic acids is 1. The summed E-state index contributed by atoms with van der Waals surface area (Å²) in [5, 5.41) is 13.8. The number of nitrogens with zero attached hydrogens (tertiary/aromatic N) is 5. The number of non-ortho nitro benzene ring substituents is 1. The average Bonchev–Trinajstić information content (AvgIpc) is 2.68. The predicted octanol–water partition coefficient (Wildman–Crippen LogP) is 2.40. The number of urea groups is 1. The Morgan fingerprint density at radius 1 is 1.30 bits per heavy atom. The van der Waals surface area contributed by atoms with Crippen LogP contribution in [0.2, 0.25) is 5.28 Å². The van der Waals surface area contributed by atoms with E-state index in [-0.39, 0.29) is 22.8 Å². The fraction of sp³-hybridized carbons (Fsp3) is 0.312. The van der Waals surface area contributed by atoms with Crippen LogP contribution in [0.3, 0.4) is 0 Å². The van der Waals surface area contributed by atoms with Crippen LogP contribution in [0.25, 0.3) is 0 Å². The Bertz CT molecular complexity index is 857. The Kier molecular flexibility index (Phi) is 5.55. The zero-order valence-corrected chi connectivity index (χ0v) is 15.2. The van der Waals surface area contributed by atoms with E-state index in [1.165, 1.54) is 25.3 Å². The zero-order chi connectivity index (χ0) is 19.4. The first-order valence-electron chi connectivity index (χ1n) is 8.10. The van der Waals surface area contributed by atoms with Crippen LogP contribution in [0.1, 0.15) is 0 Å². The molecule has 27 heavy (non-hydrogen) atoms. The van der Waals surface area contributed by atoms with E-state index in [1.807, 2.05) is 4.90 Å². The number of piperazine rings is 1. The molecule has 1 aliphatic heterocycles. The van der Waals surface area contributed by atoms with Gasteiger partial charge < -0.3 is 19.9 Å². The third kappa shape index (κ3) is 4.34. The van der Waals surface area contributed by atoms with Crippen molar-refractivity contribution in [1.82, 2.24) is 14.9 Å². The fourth-order valence-electron chi connectivity index (χ4n) is 2.73. The van der Waals surface area contributed by atoms with E-state index in [2.05, 4.69) is 15.3 Å². The number of aromatic nitrogens is 2. The lowest BCUT2D eigenvalue weighted by Crippen LogP contribution is -2.50. The maximum Gasteiger partial charge on any atom is 0.322 e. The molecule has 2 heterocycles. The van der Waals surface area contributed by atoms with Crippen LogP contribution in [0.15, 0.2) is 30.5 Å². The molecule has 0 saturated carbocycles. The van der Waals surface area contributed by atoms with E-state index in [4.69, 9.17) is 16.3 Å². The second-order valence-electron chi connectivity index (χ2n) is 5.73. The molecule has 2 aromatic rings. The highest BCUT2D eigenvalue weighted by atomic mass is 35.5. The molecule has 1 aliphatic rings. The molecule has 0 aliphatic carbocycles. The van der Waals surface area contributed by atoms with Crippen molar-refractivity contribution in [2.24, 2.45) is 0 Å². The topological polar surface area (TPSA) is 114 Å². The third-order valence-electron chi connectivity index (χ3n) is 4.14. The predicted molar refractivity (Wildman–Crippen MR) is 99.5 cm³/mol. The van der Waals surface area contributed by atoms with Gasteiger partial charge in [0.15, 0.2) is 0 Å². The van der Waals surface area contributed by atoms with E-state index in [9.17, 15) is 14.9 Å².